The Labute approximate surface area is 317 Å². The van der Waals surface area contributed by atoms with E-state index in [2.05, 4.69) is 79.1 Å². The van der Waals surface area contributed by atoms with E-state index < -0.39 is 32.5 Å². The topological polar surface area (TPSA) is 119 Å². The number of rotatable bonds is 37. The van der Waals surface area contributed by atoms with Crippen LogP contribution in [0.25, 0.3) is 0 Å². The number of carbonyl (C=O) groups is 2. The predicted molar refractivity (Wildman–Crippen MR) is 216 cm³/mol. The van der Waals surface area contributed by atoms with Crippen molar-refractivity contribution in [3.63, 3.8) is 0 Å². The van der Waals surface area contributed by atoms with Crippen molar-refractivity contribution >= 4 is 19.8 Å². The lowest BCUT2D eigenvalue weighted by atomic mass is 10.1. The fourth-order valence-corrected chi connectivity index (χ4v) is 5.84. The Morgan fingerprint density at radius 1 is 0.519 bits per heavy atom. The van der Waals surface area contributed by atoms with Crippen LogP contribution in [-0.2, 0) is 28.2 Å². The molecule has 0 radical (unpaired) electrons. The second-order valence-corrected chi connectivity index (χ2v) is 14.8. The molecule has 52 heavy (non-hydrogen) atoms. The van der Waals surface area contributed by atoms with Crippen molar-refractivity contribution in [3.8, 4) is 0 Å². The van der Waals surface area contributed by atoms with Crippen molar-refractivity contribution in [3.05, 3.63) is 60.8 Å². The summed E-state index contributed by atoms with van der Waals surface area (Å²) in [5.41, 5.74) is 0. The van der Waals surface area contributed by atoms with Crippen LogP contribution in [0.2, 0.25) is 0 Å². The first-order valence-electron chi connectivity index (χ1n) is 20.6. The molecule has 0 bridgehead atoms. The Bertz CT molecular complexity index is 1030. The summed E-state index contributed by atoms with van der Waals surface area (Å²) in [5.74, 6) is -0.920. The number of ether oxygens (including phenoxy) is 2. The minimum absolute atomic E-state index is 0.199. The van der Waals surface area contributed by atoms with Crippen molar-refractivity contribution in [2.45, 2.75) is 187 Å². The van der Waals surface area contributed by atoms with E-state index in [1.54, 1.807) is 0 Å². The lowest BCUT2D eigenvalue weighted by Crippen LogP contribution is -2.29. The maximum Gasteiger partial charge on any atom is 0.469 e. The zero-order valence-corrected chi connectivity index (χ0v) is 33.8. The van der Waals surface area contributed by atoms with E-state index in [-0.39, 0.29) is 19.4 Å². The molecule has 2 N–H and O–H groups in total. The summed E-state index contributed by atoms with van der Waals surface area (Å²) < 4.78 is 26.4. The molecular weight excluding hydrogens is 675 g/mol. The van der Waals surface area contributed by atoms with Crippen molar-refractivity contribution in [1.82, 2.24) is 0 Å². The molecule has 0 spiro atoms. The van der Waals surface area contributed by atoms with Crippen LogP contribution in [0.15, 0.2) is 60.8 Å². The summed E-state index contributed by atoms with van der Waals surface area (Å²) >= 11 is 0. The molecule has 0 aromatic rings. The fourth-order valence-electron chi connectivity index (χ4n) is 5.48. The third-order valence-electron chi connectivity index (χ3n) is 8.52. The van der Waals surface area contributed by atoms with Gasteiger partial charge in [-0.15, -0.1) is 0 Å². The van der Waals surface area contributed by atoms with E-state index in [0.29, 0.717) is 12.8 Å². The predicted octanol–water partition coefficient (Wildman–Crippen LogP) is 12.5. The molecule has 0 unspecified atom stereocenters. The standard InChI is InChI=1S/C43H75O8P/c1-3-5-7-9-11-13-15-17-19-21-23-25-27-29-31-33-35-37-42(44)49-39-41(40-50-52(46,47)48)51-43(45)38-36-34-32-30-28-26-24-22-20-18-16-14-12-10-8-6-4-2/h5,7,11,13,17-20,23,25,41H,3-4,6,8-10,12,14-16,21-22,24,26-40H2,1-2H3,(H2,46,47,48)/b7-5-,13-11-,19-17-,20-18-,25-23-/t41-/m1/s1. The lowest BCUT2D eigenvalue weighted by molar-refractivity contribution is -0.161. The molecule has 0 aliphatic carbocycles. The van der Waals surface area contributed by atoms with Gasteiger partial charge in [-0.2, -0.15) is 0 Å². The fraction of sp³-hybridized carbons (Fsp3) is 0.721. The van der Waals surface area contributed by atoms with E-state index in [9.17, 15) is 14.2 Å². The molecule has 8 nitrogen and oxygen atoms in total. The SMILES string of the molecule is CC/C=C\C/C=C\C/C=C\C/C=C\CCCCCCC(=O)OC[C@H](COP(=O)(O)O)OC(=O)CCCCCCCCC/C=C\CCCCCCCC. The first-order valence-corrected chi connectivity index (χ1v) is 22.1. The lowest BCUT2D eigenvalue weighted by Gasteiger charge is -2.18. The Balaban J connectivity index is 3.99. The molecule has 1 atom stereocenters. The molecule has 0 fully saturated rings. The van der Waals surface area contributed by atoms with Gasteiger partial charge in [0, 0.05) is 12.8 Å². The smallest absolute Gasteiger partial charge is 0.462 e. The molecule has 0 aromatic heterocycles. The zero-order valence-electron chi connectivity index (χ0n) is 32.9. The number of esters is 2. The van der Waals surface area contributed by atoms with Crippen LogP contribution in [0.5, 0.6) is 0 Å². The van der Waals surface area contributed by atoms with Crippen molar-refractivity contribution in [1.29, 1.82) is 0 Å². The Kier molecular flexibility index (Phi) is 36.8. The summed E-state index contributed by atoms with van der Waals surface area (Å²) in [7, 11) is -4.76. The normalized spacial score (nSPS) is 13.1. The Hall–Kier alpha value is -2.25. The van der Waals surface area contributed by atoms with E-state index in [0.717, 1.165) is 77.0 Å². The number of carbonyl (C=O) groups excluding carboxylic acids is 2. The van der Waals surface area contributed by atoms with Gasteiger partial charge in [0.1, 0.15) is 6.61 Å². The van der Waals surface area contributed by atoms with Gasteiger partial charge in [0.15, 0.2) is 6.10 Å². The van der Waals surface area contributed by atoms with Crippen LogP contribution in [0.4, 0.5) is 0 Å². The summed E-state index contributed by atoms with van der Waals surface area (Å²) in [6.07, 6.45) is 47.9. The number of hydrogen-bond acceptors (Lipinski definition) is 6. The van der Waals surface area contributed by atoms with Gasteiger partial charge in [0.25, 0.3) is 0 Å². The number of hydrogen-bond donors (Lipinski definition) is 2. The zero-order chi connectivity index (χ0) is 38.2. The minimum Gasteiger partial charge on any atom is -0.462 e. The summed E-state index contributed by atoms with van der Waals surface area (Å²) in [6.45, 7) is 3.54. The molecule has 0 aliphatic rings. The molecule has 0 aromatic carbocycles. The molecule has 9 heteroatoms. The molecule has 0 amide bonds. The minimum atomic E-state index is -4.76. The Morgan fingerprint density at radius 3 is 1.40 bits per heavy atom. The van der Waals surface area contributed by atoms with Crippen LogP contribution in [0.3, 0.4) is 0 Å². The van der Waals surface area contributed by atoms with Gasteiger partial charge in [-0.3, -0.25) is 14.1 Å². The van der Waals surface area contributed by atoms with Gasteiger partial charge in [-0.1, -0.05) is 152 Å². The Morgan fingerprint density at radius 2 is 0.923 bits per heavy atom. The molecule has 0 aliphatic heterocycles. The van der Waals surface area contributed by atoms with Crippen molar-refractivity contribution in [2.24, 2.45) is 0 Å². The van der Waals surface area contributed by atoms with Crippen molar-refractivity contribution < 1.29 is 37.9 Å². The van der Waals surface area contributed by atoms with Gasteiger partial charge in [-0.25, -0.2) is 4.57 Å². The van der Waals surface area contributed by atoms with Gasteiger partial charge >= 0.3 is 19.8 Å². The average Bonchev–Trinajstić information content (AvgIpc) is 3.11. The maximum absolute atomic E-state index is 12.4. The average molecular weight is 751 g/mol. The summed E-state index contributed by atoms with van der Waals surface area (Å²) in [6, 6.07) is 0. The third kappa shape index (κ3) is 40.5. The van der Waals surface area contributed by atoms with Gasteiger partial charge in [0.05, 0.1) is 6.61 Å². The summed E-state index contributed by atoms with van der Waals surface area (Å²) in [5, 5.41) is 0. The quantitative estimate of drug-likeness (QED) is 0.0279. The first-order chi connectivity index (χ1) is 25.3. The third-order valence-corrected chi connectivity index (χ3v) is 9.01. The van der Waals surface area contributed by atoms with E-state index in [1.165, 1.54) is 64.2 Å². The van der Waals surface area contributed by atoms with E-state index >= 15 is 0 Å². The van der Waals surface area contributed by atoms with Gasteiger partial charge < -0.3 is 19.3 Å². The summed E-state index contributed by atoms with van der Waals surface area (Å²) in [4.78, 5) is 42.8. The second kappa shape index (κ2) is 38.5. The van der Waals surface area contributed by atoms with Gasteiger partial charge in [-0.05, 0) is 77.0 Å². The highest BCUT2D eigenvalue weighted by Crippen LogP contribution is 2.36. The second-order valence-electron chi connectivity index (χ2n) is 13.6. The van der Waals surface area contributed by atoms with Gasteiger partial charge in [0.2, 0.25) is 0 Å². The largest absolute Gasteiger partial charge is 0.469 e. The van der Waals surface area contributed by atoms with Crippen LogP contribution in [0, 0.1) is 0 Å². The van der Waals surface area contributed by atoms with Crippen LogP contribution >= 0.6 is 7.82 Å². The highest BCUT2D eigenvalue weighted by Gasteiger charge is 2.22. The van der Waals surface area contributed by atoms with Crippen LogP contribution < -0.4 is 0 Å². The monoisotopic (exact) mass is 751 g/mol. The van der Waals surface area contributed by atoms with Crippen LogP contribution in [0.1, 0.15) is 181 Å². The molecule has 0 rings (SSSR count). The number of phosphoric acid groups is 1. The molecule has 0 heterocycles. The number of phosphoric ester groups is 1. The molecular formula is C43H75O8P. The number of allylic oxidation sites excluding steroid dienone is 10. The molecule has 0 saturated heterocycles. The highest BCUT2D eigenvalue weighted by atomic mass is 31.2. The van der Waals surface area contributed by atoms with Crippen molar-refractivity contribution in [2.75, 3.05) is 13.2 Å². The molecule has 0 saturated carbocycles. The number of unbranched alkanes of at least 4 members (excludes halogenated alkanes) is 17. The first kappa shape index (κ1) is 49.8. The van der Waals surface area contributed by atoms with E-state index in [1.807, 2.05) is 0 Å². The van der Waals surface area contributed by atoms with Crippen LogP contribution in [-0.4, -0.2) is 41.0 Å². The highest BCUT2D eigenvalue weighted by molar-refractivity contribution is 7.46. The maximum atomic E-state index is 12.4. The molecule has 300 valence electrons. The van der Waals surface area contributed by atoms with E-state index in [4.69, 9.17) is 19.3 Å².